The van der Waals surface area contributed by atoms with Crippen LogP contribution in [0.25, 0.3) is 11.1 Å². The van der Waals surface area contributed by atoms with Gasteiger partial charge in [0.15, 0.2) is 17.6 Å². The molecule has 0 bridgehead atoms. The lowest BCUT2D eigenvalue weighted by atomic mass is 10.3. The fourth-order valence-electron chi connectivity index (χ4n) is 2.03. The van der Waals surface area contributed by atoms with Crippen LogP contribution in [0.3, 0.4) is 0 Å². The summed E-state index contributed by atoms with van der Waals surface area (Å²) in [7, 11) is 0. The molecule has 19 heavy (non-hydrogen) atoms. The summed E-state index contributed by atoms with van der Waals surface area (Å²) in [4.78, 5) is 28.6. The molecule has 6 heteroatoms. The molecule has 2 aromatic rings. The molecule has 1 saturated heterocycles. The van der Waals surface area contributed by atoms with E-state index in [9.17, 15) is 9.59 Å². The van der Waals surface area contributed by atoms with Gasteiger partial charge in [-0.2, -0.15) is 0 Å². The van der Waals surface area contributed by atoms with E-state index in [1.54, 1.807) is 23.1 Å². The highest BCUT2D eigenvalue weighted by molar-refractivity contribution is 5.95. The smallest absolute Gasteiger partial charge is 0.289 e. The fourth-order valence-corrected chi connectivity index (χ4v) is 2.03. The minimum atomic E-state index is -0.172. The average molecular weight is 260 g/mol. The third kappa shape index (κ3) is 2.22. The van der Waals surface area contributed by atoms with Crippen LogP contribution in [0.1, 0.15) is 21.0 Å². The number of hydrogen-bond donors (Lipinski definition) is 0. The number of aromatic nitrogens is 1. The second kappa shape index (κ2) is 4.81. The maximum Gasteiger partial charge on any atom is 0.289 e. The van der Waals surface area contributed by atoms with Gasteiger partial charge in [0, 0.05) is 19.2 Å². The Labute approximate surface area is 109 Å². The molecule has 3 heterocycles. The van der Waals surface area contributed by atoms with Gasteiger partial charge in [-0.05, 0) is 12.1 Å². The number of amides is 1. The molecule has 3 rings (SSSR count). The predicted octanol–water partition coefficient (Wildman–Crippen LogP) is 1.11. The first kappa shape index (κ1) is 11.9. The quantitative estimate of drug-likeness (QED) is 0.756. The highest BCUT2D eigenvalue weighted by Crippen LogP contribution is 2.19. The van der Waals surface area contributed by atoms with Crippen molar-refractivity contribution in [1.82, 2.24) is 9.88 Å². The number of ether oxygens (including phenoxy) is 1. The number of morpholine rings is 1. The summed E-state index contributed by atoms with van der Waals surface area (Å²) in [6, 6.07) is 4.77. The molecule has 1 aliphatic heterocycles. The Morgan fingerprint density at radius 2 is 2.11 bits per heavy atom. The second-order valence-electron chi connectivity index (χ2n) is 4.25. The Bertz CT molecular complexity index is 629. The third-order valence-corrected chi connectivity index (χ3v) is 3.03. The Balaban J connectivity index is 1.91. The molecule has 1 aliphatic rings. The van der Waals surface area contributed by atoms with Crippen LogP contribution in [0.2, 0.25) is 0 Å². The molecule has 0 unspecified atom stereocenters. The molecule has 0 spiro atoms. The fraction of sp³-hybridized carbons (Fsp3) is 0.308. The third-order valence-electron chi connectivity index (χ3n) is 3.03. The van der Waals surface area contributed by atoms with Crippen molar-refractivity contribution in [3.63, 3.8) is 0 Å². The first-order valence-corrected chi connectivity index (χ1v) is 6.01. The van der Waals surface area contributed by atoms with Crippen LogP contribution in [0.5, 0.6) is 0 Å². The number of aldehydes is 1. The van der Waals surface area contributed by atoms with Crippen LogP contribution < -0.4 is 0 Å². The van der Waals surface area contributed by atoms with E-state index in [2.05, 4.69) is 4.98 Å². The molecule has 0 radical (unpaired) electrons. The molecule has 0 saturated carbocycles. The second-order valence-corrected chi connectivity index (χ2v) is 4.25. The van der Waals surface area contributed by atoms with Crippen LogP contribution in [0.15, 0.2) is 22.6 Å². The first-order chi connectivity index (χ1) is 9.28. The van der Waals surface area contributed by atoms with Gasteiger partial charge < -0.3 is 14.1 Å². The van der Waals surface area contributed by atoms with E-state index in [0.29, 0.717) is 49.4 Å². The number of rotatable bonds is 2. The molecular formula is C13H12N2O4. The van der Waals surface area contributed by atoms with Crippen LogP contribution in [-0.2, 0) is 4.74 Å². The molecule has 1 fully saturated rings. The van der Waals surface area contributed by atoms with Gasteiger partial charge >= 0.3 is 0 Å². The Morgan fingerprint density at radius 1 is 1.32 bits per heavy atom. The lowest BCUT2D eigenvalue weighted by Crippen LogP contribution is -2.40. The largest absolute Gasteiger partial charge is 0.449 e. The van der Waals surface area contributed by atoms with Crippen molar-refractivity contribution in [2.45, 2.75) is 0 Å². The minimum Gasteiger partial charge on any atom is -0.449 e. The summed E-state index contributed by atoms with van der Waals surface area (Å²) in [6.45, 7) is 2.20. The lowest BCUT2D eigenvalue weighted by Gasteiger charge is -2.25. The number of fused-ring (bicyclic) bond motifs is 1. The minimum absolute atomic E-state index is 0.172. The SMILES string of the molecule is O=Cc1ccc2oc(C(=O)N3CCOCC3)cc2n1. The lowest BCUT2D eigenvalue weighted by molar-refractivity contribution is 0.0284. The maximum absolute atomic E-state index is 12.2. The number of furan rings is 1. The topological polar surface area (TPSA) is 72.6 Å². The van der Waals surface area contributed by atoms with Gasteiger partial charge in [-0.15, -0.1) is 0 Å². The van der Waals surface area contributed by atoms with Gasteiger partial charge in [-0.3, -0.25) is 9.59 Å². The summed E-state index contributed by atoms with van der Waals surface area (Å²) in [5, 5.41) is 0. The van der Waals surface area contributed by atoms with Crippen LogP contribution in [0.4, 0.5) is 0 Å². The van der Waals surface area contributed by atoms with E-state index in [4.69, 9.17) is 9.15 Å². The van der Waals surface area contributed by atoms with Crippen LogP contribution in [-0.4, -0.2) is 48.4 Å². The summed E-state index contributed by atoms with van der Waals surface area (Å²) < 4.78 is 10.7. The van der Waals surface area contributed by atoms with Crippen LogP contribution >= 0.6 is 0 Å². The van der Waals surface area contributed by atoms with E-state index in [-0.39, 0.29) is 11.7 Å². The Morgan fingerprint density at radius 3 is 2.84 bits per heavy atom. The van der Waals surface area contributed by atoms with E-state index in [1.807, 2.05) is 0 Å². The van der Waals surface area contributed by atoms with Crippen molar-refractivity contribution >= 4 is 23.3 Å². The normalized spacial score (nSPS) is 15.7. The van der Waals surface area contributed by atoms with Gasteiger partial charge in [0.1, 0.15) is 11.2 Å². The zero-order chi connectivity index (χ0) is 13.2. The van der Waals surface area contributed by atoms with E-state index in [1.165, 1.54) is 0 Å². The predicted molar refractivity (Wildman–Crippen MR) is 66.1 cm³/mol. The molecule has 0 aliphatic carbocycles. The number of pyridine rings is 1. The van der Waals surface area contributed by atoms with Gasteiger partial charge in [0.2, 0.25) is 0 Å². The van der Waals surface area contributed by atoms with E-state index < -0.39 is 0 Å². The average Bonchev–Trinajstić information content (AvgIpc) is 2.90. The molecule has 0 atom stereocenters. The van der Waals surface area contributed by atoms with Gasteiger partial charge in [-0.25, -0.2) is 4.98 Å². The Hall–Kier alpha value is -2.21. The number of hydrogen-bond acceptors (Lipinski definition) is 5. The van der Waals surface area contributed by atoms with Crippen molar-refractivity contribution in [3.8, 4) is 0 Å². The van der Waals surface area contributed by atoms with E-state index >= 15 is 0 Å². The van der Waals surface area contributed by atoms with Crippen molar-refractivity contribution in [2.75, 3.05) is 26.3 Å². The highest BCUT2D eigenvalue weighted by atomic mass is 16.5. The van der Waals surface area contributed by atoms with Crippen molar-refractivity contribution in [3.05, 3.63) is 29.7 Å². The molecule has 0 N–H and O–H groups in total. The van der Waals surface area contributed by atoms with Crippen molar-refractivity contribution in [1.29, 1.82) is 0 Å². The standard InChI is InChI=1S/C13H12N2O4/c16-8-9-1-2-11-10(14-9)7-12(19-11)13(17)15-3-5-18-6-4-15/h1-2,7-8H,3-6H2. The summed E-state index contributed by atoms with van der Waals surface area (Å²) in [5.41, 5.74) is 1.34. The van der Waals surface area contributed by atoms with Crippen molar-refractivity contribution in [2.24, 2.45) is 0 Å². The molecule has 98 valence electrons. The summed E-state index contributed by atoms with van der Waals surface area (Å²) >= 11 is 0. The summed E-state index contributed by atoms with van der Waals surface area (Å²) in [5.74, 6) is 0.0707. The highest BCUT2D eigenvalue weighted by Gasteiger charge is 2.22. The zero-order valence-electron chi connectivity index (χ0n) is 10.2. The molecular weight excluding hydrogens is 248 g/mol. The number of carbonyl (C=O) groups excluding carboxylic acids is 2. The van der Waals surface area contributed by atoms with Gasteiger partial charge in [0.05, 0.1) is 13.2 Å². The number of carbonyl (C=O) groups is 2. The van der Waals surface area contributed by atoms with Crippen molar-refractivity contribution < 1.29 is 18.7 Å². The number of nitrogens with zero attached hydrogens (tertiary/aromatic N) is 2. The molecule has 2 aromatic heterocycles. The monoisotopic (exact) mass is 260 g/mol. The van der Waals surface area contributed by atoms with Gasteiger partial charge in [0.25, 0.3) is 5.91 Å². The summed E-state index contributed by atoms with van der Waals surface area (Å²) in [6.07, 6.45) is 0.663. The molecule has 0 aromatic carbocycles. The van der Waals surface area contributed by atoms with Crippen LogP contribution in [0, 0.1) is 0 Å². The molecule has 1 amide bonds. The Kier molecular flexibility index (Phi) is 3.00. The van der Waals surface area contributed by atoms with Gasteiger partial charge in [-0.1, -0.05) is 0 Å². The maximum atomic E-state index is 12.2. The molecule has 6 nitrogen and oxygen atoms in total. The van der Waals surface area contributed by atoms with E-state index in [0.717, 1.165) is 0 Å². The first-order valence-electron chi connectivity index (χ1n) is 6.01. The zero-order valence-corrected chi connectivity index (χ0v) is 10.2.